The number of nitrogens with one attached hydrogen (secondary N) is 1. The summed E-state index contributed by atoms with van der Waals surface area (Å²) in [5, 5.41) is 7.96. The van der Waals surface area contributed by atoms with Crippen LogP contribution in [-0.2, 0) is 0 Å². The Morgan fingerprint density at radius 2 is 2.05 bits per heavy atom. The van der Waals surface area contributed by atoms with E-state index in [2.05, 4.69) is 33.4 Å². The Hall–Kier alpha value is -2.27. The molecule has 5 heteroatoms. The van der Waals surface area contributed by atoms with Crippen LogP contribution in [0.5, 0.6) is 0 Å². The fraction of sp³-hybridized carbons (Fsp3) is 0.267. The smallest absolute Gasteiger partial charge is 0.115 e. The maximum absolute atomic E-state index is 4.41. The predicted octanol–water partition coefficient (Wildman–Crippen LogP) is 2.21. The molecule has 1 atom stereocenters. The lowest BCUT2D eigenvalue weighted by molar-refractivity contribution is 0.598. The maximum Gasteiger partial charge on any atom is 0.115 e. The van der Waals surface area contributed by atoms with Gasteiger partial charge in [0.05, 0.1) is 17.8 Å². The quantitative estimate of drug-likeness (QED) is 0.770. The molecular formula is C15H17N5. The van der Waals surface area contributed by atoms with Crippen molar-refractivity contribution in [1.29, 1.82) is 0 Å². The van der Waals surface area contributed by atoms with Crippen molar-refractivity contribution in [3.63, 3.8) is 0 Å². The first kappa shape index (κ1) is 12.7. The summed E-state index contributed by atoms with van der Waals surface area (Å²) < 4.78 is 1.89. The largest absolute Gasteiger partial charge is 0.306 e. The Morgan fingerprint density at radius 3 is 2.85 bits per heavy atom. The van der Waals surface area contributed by atoms with Crippen molar-refractivity contribution < 1.29 is 0 Å². The molecule has 102 valence electrons. The Bertz CT molecular complexity index is 677. The van der Waals surface area contributed by atoms with Gasteiger partial charge in [-0.3, -0.25) is 0 Å². The summed E-state index contributed by atoms with van der Waals surface area (Å²) in [6, 6.07) is 6.14. The second kappa shape index (κ2) is 5.79. The van der Waals surface area contributed by atoms with Gasteiger partial charge in [-0.1, -0.05) is 13.0 Å². The van der Waals surface area contributed by atoms with Crippen LogP contribution in [0.15, 0.2) is 49.3 Å². The van der Waals surface area contributed by atoms with E-state index in [9.17, 15) is 0 Å². The normalized spacial score (nSPS) is 12.7. The van der Waals surface area contributed by atoms with E-state index in [-0.39, 0.29) is 6.04 Å². The fourth-order valence-corrected chi connectivity index (χ4v) is 2.33. The molecule has 0 fully saturated rings. The molecule has 0 aromatic carbocycles. The Morgan fingerprint density at radius 1 is 1.20 bits per heavy atom. The van der Waals surface area contributed by atoms with Gasteiger partial charge in [-0.05, 0) is 25.1 Å². The molecule has 0 aliphatic heterocycles. The van der Waals surface area contributed by atoms with Crippen LogP contribution in [0.25, 0.3) is 5.52 Å². The third-order valence-corrected chi connectivity index (χ3v) is 3.28. The average Bonchev–Trinajstić information content (AvgIpc) is 2.93. The number of hydrogen-bond acceptors (Lipinski definition) is 4. The van der Waals surface area contributed by atoms with Crippen molar-refractivity contribution in [2.75, 3.05) is 6.54 Å². The van der Waals surface area contributed by atoms with Crippen molar-refractivity contribution >= 4 is 5.52 Å². The topological polar surface area (TPSA) is 55.1 Å². The molecule has 0 radical (unpaired) electrons. The van der Waals surface area contributed by atoms with Gasteiger partial charge in [-0.15, -0.1) is 0 Å². The molecule has 0 saturated heterocycles. The maximum atomic E-state index is 4.41. The summed E-state index contributed by atoms with van der Waals surface area (Å²) in [4.78, 5) is 8.25. The minimum atomic E-state index is 0.0658. The van der Waals surface area contributed by atoms with Crippen LogP contribution >= 0.6 is 0 Å². The number of pyridine rings is 1. The molecule has 1 unspecified atom stereocenters. The predicted molar refractivity (Wildman–Crippen MR) is 77.4 cm³/mol. The Kier molecular flexibility index (Phi) is 3.69. The van der Waals surface area contributed by atoms with Crippen LogP contribution in [0.1, 0.15) is 30.5 Å². The van der Waals surface area contributed by atoms with E-state index < -0.39 is 0 Å². The lowest BCUT2D eigenvalue weighted by Crippen LogP contribution is -2.23. The molecule has 0 amide bonds. The van der Waals surface area contributed by atoms with E-state index in [4.69, 9.17) is 0 Å². The zero-order chi connectivity index (χ0) is 13.8. The van der Waals surface area contributed by atoms with Gasteiger partial charge in [0, 0.05) is 29.7 Å². The van der Waals surface area contributed by atoms with Gasteiger partial charge in [0.2, 0.25) is 0 Å². The number of hydrogen-bond donors (Lipinski definition) is 1. The highest BCUT2D eigenvalue weighted by Gasteiger charge is 2.18. The zero-order valence-corrected chi connectivity index (χ0v) is 11.4. The molecule has 0 aliphatic carbocycles. The van der Waals surface area contributed by atoms with Gasteiger partial charge >= 0.3 is 0 Å². The number of rotatable bonds is 5. The molecule has 1 N–H and O–H groups in total. The molecule has 20 heavy (non-hydrogen) atoms. The first-order valence-corrected chi connectivity index (χ1v) is 6.80. The molecule has 3 heterocycles. The van der Waals surface area contributed by atoms with Crippen LogP contribution in [0.4, 0.5) is 0 Å². The molecule has 5 nitrogen and oxygen atoms in total. The molecule has 3 aromatic rings. The third-order valence-electron chi connectivity index (χ3n) is 3.28. The van der Waals surface area contributed by atoms with Crippen molar-refractivity contribution in [2.24, 2.45) is 0 Å². The highest BCUT2D eigenvalue weighted by atomic mass is 15.2. The number of fused-ring (bicyclic) bond motifs is 1. The molecule has 0 aliphatic rings. The van der Waals surface area contributed by atoms with Gasteiger partial charge in [-0.2, -0.15) is 5.10 Å². The first-order valence-electron chi connectivity index (χ1n) is 6.80. The molecule has 0 spiro atoms. The van der Waals surface area contributed by atoms with E-state index in [0.717, 1.165) is 29.6 Å². The SMILES string of the molecule is CCCNC(c1cncnc1)c1cnn2ccccc12. The second-order valence-electron chi connectivity index (χ2n) is 4.69. The first-order chi connectivity index (χ1) is 9.90. The molecular weight excluding hydrogens is 250 g/mol. The minimum Gasteiger partial charge on any atom is -0.306 e. The van der Waals surface area contributed by atoms with Crippen molar-refractivity contribution in [3.05, 3.63) is 60.4 Å². The van der Waals surface area contributed by atoms with Crippen molar-refractivity contribution in [1.82, 2.24) is 24.9 Å². The molecule has 3 rings (SSSR count). The summed E-state index contributed by atoms with van der Waals surface area (Å²) in [5.41, 5.74) is 3.30. The van der Waals surface area contributed by atoms with E-state index in [1.54, 1.807) is 6.33 Å². The van der Waals surface area contributed by atoms with E-state index >= 15 is 0 Å². The Balaban J connectivity index is 2.05. The second-order valence-corrected chi connectivity index (χ2v) is 4.69. The van der Waals surface area contributed by atoms with E-state index in [1.807, 2.05) is 41.4 Å². The summed E-state index contributed by atoms with van der Waals surface area (Å²) in [5.74, 6) is 0. The summed E-state index contributed by atoms with van der Waals surface area (Å²) in [6.07, 6.45) is 10.2. The van der Waals surface area contributed by atoms with Gasteiger partial charge in [0.1, 0.15) is 6.33 Å². The van der Waals surface area contributed by atoms with E-state index in [0.29, 0.717) is 0 Å². The van der Waals surface area contributed by atoms with Gasteiger partial charge in [0.25, 0.3) is 0 Å². The van der Waals surface area contributed by atoms with Crippen molar-refractivity contribution in [3.8, 4) is 0 Å². The highest BCUT2D eigenvalue weighted by Crippen LogP contribution is 2.24. The van der Waals surface area contributed by atoms with Gasteiger partial charge < -0.3 is 5.32 Å². The zero-order valence-electron chi connectivity index (χ0n) is 11.4. The monoisotopic (exact) mass is 267 g/mol. The minimum absolute atomic E-state index is 0.0658. The van der Waals surface area contributed by atoms with Gasteiger partial charge in [-0.25, -0.2) is 14.5 Å². The summed E-state index contributed by atoms with van der Waals surface area (Å²) in [7, 11) is 0. The molecule has 0 saturated carbocycles. The Labute approximate surface area is 117 Å². The molecule has 0 bridgehead atoms. The van der Waals surface area contributed by atoms with Crippen LogP contribution < -0.4 is 5.32 Å². The fourth-order valence-electron chi connectivity index (χ4n) is 2.33. The third kappa shape index (κ3) is 2.40. The summed E-state index contributed by atoms with van der Waals surface area (Å²) in [6.45, 7) is 3.09. The van der Waals surface area contributed by atoms with Crippen LogP contribution in [-0.4, -0.2) is 26.1 Å². The highest BCUT2D eigenvalue weighted by molar-refractivity contribution is 5.56. The van der Waals surface area contributed by atoms with Crippen LogP contribution in [0.3, 0.4) is 0 Å². The van der Waals surface area contributed by atoms with E-state index in [1.165, 1.54) is 0 Å². The standard InChI is InChI=1S/C15H17N5/c1-2-6-18-15(12-8-16-11-17-9-12)13-10-19-20-7-4-3-5-14(13)20/h3-5,7-11,15,18H,2,6H2,1H3. The summed E-state index contributed by atoms with van der Waals surface area (Å²) >= 11 is 0. The van der Waals surface area contributed by atoms with Crippen LogP contribution in [0.2, 0.25) is 0 Å². The van der Waals surface area contributed by atoms with Crippen LogP contribution in [0, 0.1) is 0 Å². The van der Waals surface area contributed by atoms with Crippen molar-refractivity contribution in [2.45, 2.75) is 19.4 Å². The van der Waals surface area contributed by atoms with Gasteiger partial charge in [0.15, 0.2) is 0 Å². The molecule has 3 aromatic heterocycles. The average molecular weight is 267 g/mol. The lowest BCUT2D eigenvalue weighted by Gasteiger charge is -2.17. The number of aromatic nitrogens is 4. The lowest BCUT2D eigenvalue weighted by atomic mass is 10.0. The number of nitrogens with zero attached hydrogens (tertiary/aromatic N) is 4.